The Morgan fingerprint density at radius 1 is 0.829 bits per heavy atom. The first-order valence-corrected chi connectivity index (χ1v) is 11.0. The van der Waals surface area contributed by atoms with Crippen molar-refractivity contribution in [2.45, 2.75) is 6.61 Å². The molecule has 0 aliphatic heterocycles. The number of anilines is 1. The summed E-state index contributed by atoms with van der Waals surface area (Å²) < 4.78 is 21.8. The highest BCUT2D eigenvalue weighted by Gasteiger charge is 2.24. The van der Waals surface area contributed by atoms with Crippen molar-refractivity contribution in [3.63, 3.8) is 0 Å². The number of benzene rings is 2. The third-order valence-corrected chi connectivity index (χ3v) is 5.87. The lowest BCUT2D eigenvalue weighted by Gasteiger charge is -2.17. The molecule has 180 valence electrons. The molecule has 0 spiro atoms. The first-order chi connectivity index (χ1) is 17.0. The van der Waals surface area contributed by atoms with Crippen LogP contribution in [0.25, 0.3) is 22.5 Å². The quantitative estimate of drug-likeness (QED) is 0.343. The van der Waals surface area contributed by atoms with Crippen LogP contribution in [0.15, 0.2) is 48.9 Å². The number of ether oxygens (including phenoxy) is 4. The van der Waals surface area contributed by atoms with E-state index in [9.17, 15) is 0 Å². The maximum absolute atomic E-state index is 6.65. The average molecular weight is 514 g/mol. The Morgan fingerprint density at radius 2 is 1.51 bits per heavy atom. The standard InChI is InChI=1S/C24H21Cl2N5O4/c1-32-14-6-4-13(5-7-14)11-35-24-30-12-29-23(31-24)19-15(8-9-28-22(19)27)18-20(25)16(33-2)10-17(34-3)21(18)26/h4-10,12H,11H2,1-3H3,(H2,27,28). The van der Waals surface area contributed by atoms with Gasteiger partial charge in [-0.1, -0.05) is 35.3 Å². The summed E-state index contributed by atoms with van der Waals surface area (Å²) in [5.74, 6) is 1.91. The van der Waals surface area contributed by atoms with E-state index in [0.717, 1.165) is 11.3 Å². The molecule has 0 saturated heterocycles. The van der Waals surface area contributed by atoms with E-state index >= 15 is 0 Å². The Kier molecular flexibility index (Phi) is 7.38. The van der Waals surface area contributed by atoms with E-state index in [2.05, 4.69) is 19.9 Å². The normalized spacial score (nSPS) is 10.7. The van der Waals surface area contributed by atoms with Gasteiger partial charge in [0, 0.05) is 23.4 Å². The van der Waals surface area contributed by atoms with Crippen molar-refractivity contribution >= 4 is 29.0 Å². The van der Waals surface area contributed by atoms with Crippen molar-refractivity contribution in [3.05, 3.63) is 64.5 Å². The molecule has 9 nitrogen and oxygen atoms in total. The SMILES string of the molecule is COc1ccc(COc2ncnc(-c3c(-c4c(Cl)c(OC)cc(OC)c4Cl)ccnc3N)n2)cc1. The third kappa shape index (κ3) is 5.01. The van der Waals surface area contributed by atoms with Gasteiger partial charge in [0.25, 0.3) is 0 Å². The molecule has 0 aliphatic carbocycles. The van der Waals surface area contributed by atoms with E-state index in [4.69, 9.17) is 47.9 Å². The van der Waals surface area contributed by atoms with Gasteiger partial charge in [0.2, 0.25) is 0 Å². The number of aromatic nitrogens is 4. The number of nitrogens with two attached hydrogens (primary N) is 1. The summed E-state index contributed by atoms with van der Waals surface area (Å²) in [5.41, 5.74) is 8.56. The van der Waals surface area contributed by atoms with E-state index in [1.54, 1.807) is 19.2 Å². The van der Waals surface area contributed by atoms with Crippen LogP contribution in [0.5, 0.6) is 23.3 Å². The molecule has 2 N–H and O–H groups in total. The summed E-state index contributed by atoms with van der Waals surface area (Å²) in [6, 6.07) is 10.9. The van der Waals surface area contributed by atoms with Crippen molar-refractivity contribution in [1.29, 1.82) is 0 Å². The molecule has 0 amide bonds. The zero-order chi connectivity index (χ0) is 24.9. The molecule has 0 atom stereocenters. The Hall–Kier alpha value is -3.82. The molecular formula is C24H21Cl2N5O4. The lowest BCUT2D eigenvalue weighted by Crippen LogP contribution is -2.04. The van der Waals surface area contributed by atoms with Crippen LogP contribution in [0, 0.1) is 0 Å². The van der Waals surface area contributed by atoms with Gasteiger partial charge in [-0.2, -0.15) is 9.97 Å². The molecule has 0 aliphatic rings. The minimum atomic E-state index is 0.112. The smallest absolute Gasteiger partial charge is 0.320 e. The van der Waals surface area contributed by atoms with Crippen molar-refractivity contribution < 1.29 is 18.9 Å². The molecule has 35 heavy (non-hydrogen) atoms. The average Bonchev–Trinajstić information content (AvgIpc) is 2.88. The van der Waals surface area contributed by atoms with Gasteiger partial charge in [-0.05, 0) is 23.8 Å². The first kappa shape index (κ1) is 24.3. The number of rotatable bonds is 8. The summed E-state index contributed by atoms with van der Waals surface area (Å²) in [7, 11) is 4.61. The Bertz CT molecular complexity index is 1320. The number of nitrogens with zero attached hydrogens (tertiary/aromatic N) is 4. The van der Waals surface area contributed by atoms with Gasteiger partial charge in [0.15, 0.2) is 5.82 Å². The van der Waals surface area contributed by atoms with E-state index in [-0.39, 0.29) is 34.3 Å². The second kappa shape index (κ2) is 10.6. The second-order valence-electron chi connectivity index (χ2n) is 7.13. The van der Waals surface area contributed by atoms with Crippen LogP contribution >= 0.6 is 23.2 Å². The predicted molar refractivity (Wildman–Crippen MR) is 133 cm³/mol. The van der Waals surface area contributed by atoms with Crippen molar-refractivity contribution in [1.82, 2.24) is 19.9 Å². The number of pyridine rings is 1. The summed E-state index contributed by atoms with van der Waals surface area (Å²) >= 11 is 13.3. The lowest BCUT2D eigenvalue weighted by molar-refractivity contribution is 0.280. The van der Waals surface area contributed by atoms with Crippen LogP contribution in [0.2, 0.25) is 10.0 Å². The Labute approximate surface area is 211 Å². The number of hydrogen-bond acceptors (Lipinski definition) is 9. The van der Waals surface area contributed by atoms with E-state index in [1.807, 2.05) is 24.3 Å². The summed E-state index contributed by atoms with van der Waals surface area (Å²) in [6.45, 7) is 0.244. The zero-order valence-electron chi connectivity index (χ0n) is 19.1. The molecule has 0 bridgehead atoms. The molecule has 0 saturated carbocycles. The largest absolute Gasteiger partial charge is 0.497 e. The first-order valence-electron chi connectivity index (χ1n) is 10.3. The molecule has 2 aromatic heterocycles. The number of hydrogen-bond donors (Lipinski definition) is 1. The van der Waals surface area contributed by atoms with Crippen LogP contribution in [-0.2, 0) is 6.61 Å². The fraction of sp³-hybridized carbons (Fsp3) is 0.167. The second-order valence-corrected chi connectivity index (χ2v) is 7.89. The van der Waals surface area contributed by atoms with Crippen molar-refractivity contribution in [3.8, 4) is 45.8 Å². The highest BCUT2D eigenvalue weighted by atomic mass is 35.5. The summed E-state index contributed by atoms with van der Waals surface area (Å²) in [5, 5.41) is 0.547. The van der Waals surface area contributed by atoms with Gasteiger partial charge in [-0.25, -0.2) is 9.97 Å². The van der Waals surface area contributed by atoms with E-state index in [1.165, 1.54) is 26.7 Å². The topological polar surface area (TPSA) is 114 Å². The van der Waals surface area contributed by atoms with Crippen LogP contribution < -0.4 is 24.7 Å². The van der Waals surface area contributed by atoms with Crippen molar-refractivity contribution in [2.24, 2.45) is 0 Å². The minimum absolute atomic E-state index is 0.112. The van der Waals surface area contributed by atoms with Crippen LogP contribution in [0.3, 0.4) is 0 Å². The Balaban J connectivity index is 1.75. The molecule has 4 aromatic rings. The third-order valence-electron chi connectivity index (χ3n) is 5.12. The fourth-order valence-electron chi connectivity index (χ4n) is 3.38. The van der Waals surface area contributed by atoms with Crippen LogP contribution in [-0.4, -0.2) is 41.3 Å². The highest BCUT2D eigenvalue weighted by Crippen LogP contribution is 2.48. The van der Waals surface area contributed by atoms with Gasteiger partial charge in [-0.3, -0.25) is 0 Å². The molecule has 0 radical (unpaired) electrons. The number of methoxy groups -OCH3 is 3. The summed E-state index contributed by atoms with van der Waals surface area (Å²) in [6.07, 6.45) is 2.87. The molecule has 11 heteroatoms. The molecule has 2 heterocycles. The molecule has 4 rings (SSSR count). The van der Waals surface area contributed by atoms with Gasteiger partial charge < -0.3 is 24.7 Å². The number of halogens is 2. The van der Waals surface area contributed by atoms with E-state index < -0.39 is 0 Å². The summed E-state index contributed by atoms with van der Waals surface area (Å²) in [4.78, 5) is 17.1. The fourth-order valence-corrected chi connectivity index (χ4v) is 4.09. The Morgan fingerprint density at radius 3 is 2.14 bits per heavy atom. The molecule has 0 unspecified atom stereocenters. The molecule has 0 fully saturated rings. The van der Waals surface area contributed by atoms with Gasteiger partial charge in [-0.15, -0.1) is 0 Å². The van der Waals surface area contributed by atoms with Crippen molar-refractivity contribution in [2.75, 3.05) is 27.1 Å². The maximum Gasteiger partial charge on any atom is 0.320 e. The van der Waals surface area contributed by atoms with E-state index in [0.29, 0.717) is 28.2 Å². The molecular weight excluding hydrogens is 493 g/mol. The zero-order valence-corrected chi connectivity index (χ0v) is 20.6. The maximum atomic E-state index is 6.65. The van der Waals surface area contributed by atoms with Gasteiger partial charge in [0.1, 0.15) is 36.0 Å². The number of nitrogen functional groups attached to an aromatic ring is 1. The van der Waals surface area contributed by atoms with Crippen LogP contribution in [0.1, 0.15) is 5.56 Å². The molecule has 2 aromatic carbocycles. The lowest BCUT2D eigenvalue weighted by atomic mass is 9.99. The highest BCUT2D eigenvalue weighted by molar-refractivity contribution is 6.41. The van der Waals surface area contributed by atoms with Gasteiger partial charge in [0.05, 0.1) is 36.9 Å². The van der Waals surface area contributed by atoms with Crippen LogP contribution in [0.4, 0.5) is 5.82 Å². The predicted octanol–water partition coefficient (Wildman–Crippen LogP) is 5.09. The monoisotopic (exact) mass is 513 g/mol. The van der Waals surface area contributed by atoms with Gasteiger partial charge >= 0.3 is 6.01 Å². The minimum Gasteiger partial charge on any atom is -0.497 e.